The predicted octanol–water partition coefficient (Wildman–Crippen LogP) is 0.689. The fourth-order valence-electron chi connectivity index (χ4n) is 2.71. The summed E-state index contributed by atoms with van der Waals surface area (Å²) in [7, 11) is 0. The summed E-state index contributed by atoms with van der Waals surface area (Å²) in [5.74, 6) is 0.500. The minimum absolute atomic E-state index is 0.0366. The molecule has 112 valence electrons. The molecule has 3 atom stereocenters. The molecule has 19 heavy (non-hydrogen) atoms. The summed E-state index contributed by atoms with van der Waals surface area (Å²) in [5, 5.41) is 22.2. The van der Waals surface area contributed by atoms with E-state index in [4.69, 9.17) is 4.74 Å². The molecule has 1 aliphatic carbocycles. The third-order valence-electron chi connectivity index (χ3n) is 3.80. The van der Waals surface area contributed by atoms with Crippen LogP contribution in [-0.2, 0) is 9.53 Å². The predicted molar refractivity (Wildman–Crippen MR) is 72.7 cm³/mol. The van der Waals surface area contributed by atoms with Crippen LogP contribution in [0.25, 0.3) is 0 Å². The van der Waals surface area contributed by atoms with Crippen LogP contribution < -0.4 is 5.32 Å². The molecule has 0 spiro atoms. The molecule has 5 nitrogen and oxygen atoms in total. The molecular weight excluding hydrogens is 246 g/mol. The van der Waals surface area contributed by atoms with Gasteiger partial charge in [-0.05, 0) is 38.1 Å². The normalized spacial score (nSPS) is 25.0. The Balaban J connectivity index is 2.16. The standard InChI is InChI=1S/C14H27NO4/c1-2-19-14(18)7-13(17)9-15-8-11-5-3-4-6-12(11)10-16/h11-13,15-17H,2-10H2,1H3. The Bertz CT molecular complexity index is 260. The van der Waals surface area contributed by atoms with Crippen molar-refractivity contribution in [3.63, 3.8) is 0 Å². The van der Waals surface area contributed by atoms with Gasteiger partial charge in [0.25, 0.3) is 0 Å². The first-order valence-electron chi connectivity index (χ1n) is 7.32. The van der Waals surface area contributed by atoms with Gasteiger partial charge in [0.05, 0.1) is 19.1 Å². The van der Waals surface area contributed by atoms with E-state index >= 15 is 0 Å². The topological polar surface area (TPSA) is 78.8 Å². The number of hydrogen-bond donors (Lipinski definition) is 3. The van der Waals surface area contributed by atoms with Gasteiger partial charge in [0.15, 0.2) is 0 Å². The van der Waals surface area contributed by atoms with E-state index in [-0.39, 0.29) is 19.0 Å². The fraction of sp³-hybridized carbons (Fsp3) is 0.929. The zero-order chi connectivity index (χ0) is 14.1. The molecule has 3 unspecified atom stereocenters. The van der Waals surface area contributed by atoms with E-state index in [2.05, 4.69) is 5.32 Å². The van der Waals surface area contributed by atoms with Crippen molar-refractivity contribution >= 4 is 5.97 Å². The molecule has 3 N–H and O–H groups in total. The highest BCUT2D eigenvalue weighted by molar-refractivity contribution is 5.69. The van der Waals surface area contributed by atoms with Gasteiger partial charge in [-0.15, -0.1) is 0 Å². The fourth-order valence-corrected chi connectivity index (χ4v) is 2.71. The summed E-state index contributed by atoms with van der Waals surface area (Å²) in [4.78, 5) is 11.2. The van der Waals surface area contributed by atoms with Crippen molar-refractivity contribution in [1.29, 1.82) is 0 Å². The van der Waals surface area contributed by atoms with Crippen molar-refractivity contribution in [1.82, 2.24) is 5.32 Å². The summed E-state index contributed by atoms with van der Waals surface area (Å²) in [6.07, 6.45) is 3.98. The van der Waals surface area contributed by atoms with E-state index < -0.39 is 6.10 Å². The Morgan fingerprint density at radius 2 is 2.05 bits per heavy atom. The van der Waals surface area contributed by atoms with Gasteiger partial charge in [0.2, 0.25) is 0 Å². The molecule has 0 saturated heterocycles. The Morgan fingerprint density at radius 1 is 1.37 bits per heavy atom. The van der Waals surface area contributed by atoms with Crippen LogP contribution in [0.15, 0.2) is 0 Å². The lowest BCUT2D eigenvalue weighted by molar-refractivity contribution is -0.145. The lowest BCUT2D eigenvalue weighted by Gasteiger charge is -2.30. The molecule has 0 aromatic carbocycles. The number of hydrogen-bond acceptors (Lipinski definition) is 5. The van der Waals surface area contributed by atoms with Gasteiger partial charge < -0.3 is 20.3 Å². The smallest absolute Gasteiger partial charge is 0.308 e. The van der Waals surface area contributed by atoms with Crippen LogP contribution in [-0.4, -0.2) is 48.6 Å². The molecule has 0 amide bonds. The van der Waals surface area contributed by atoms with Gasteiger partial charge in [-0.2, -0.15) is 0 Å². The number of carbonyl (C=O) groups is 1. The van der Waals surface area contributed by atoms with E-state index in [0.717, 1.165) is 19.4 Å². The van der Waals surface area contributed by atoms with Crippen LogP contribution in [0.2, 0.25) is 0 Å². The molecule has 0 aliphatic heterocycles. The van der Waals surface area contributed by atoms with Crippen molar-refractivity contribution in [2.45, 2.75) is 45.1 Å². The highest BCUT2D eigenvalue weighted by Gasteiger charge is 2.24. The first kappa shape index (κ1) is 16.4. The lowest BCUT2D eigenvalue weighted by Crippen LogP contribution is -2.36. The van der Waals surface area contributed by atoms with Gasteiger partial charge >= 0.3 is 5.97 Å². The van der Waals surface area contributed by atoms with Crippen LogP contribution in [0.1, 0.15) is 39.0 Å². The van der Waals surface area contributed by atoms with E-state index in [1.54, 1.807) is 6.92 Å². The van der Waals surface area contributed by atoms with Crippen LogP contribution >= 0.6 is 0 Å². The van der Waals surface area contributed by atoms with E-state index in [1.807, 2.05) is 0 Å². The zero-order valence-electron chi connectivity index (χ0n) is 11.8. The van der Waals surface area contributed by atoms with Crippen LogP contribution in [0.4, 0.5) is 0 Å². The van der Waals surface area contributed by atoms with E-state index in [9.17, 15) is 15.0 Å². The molecule has 0 aromatic rings. The van der Waals surface area contributed by atoms with Crippen molar-refractivity contribution in [3.8, 4) is 0 Å². The van der Waals surface area contributed by atoms with Gasteiger partial charge in [0, 0.05) is 13.2 Å². The van der Waals surface area contributed by atoms with Crippen molar-refractivity contribution < 1.29 is 19.7 Å². The van der Waals surface area contributed by atoms with Crippen LogP contribution in [0.5, 0.6) is 0 Å². The average Bonchev–Trinajstić information content (AvgIpc) is 2.39. The second-order valence-corrected chi connectivity index (χ2v) is 5.31. The number of carbonyl (C=O) groups excluding carboxylic acids is 1. The van der Waals surface area contributed by atoms with Crippen LogP contribution in [0.3, 0.4) is 0 Å². The van der Waals surface area contributed by atoms with E-state index in [1.165, 1.54) is 12.8 Å². The molecule has 0 bridgehead atoms. The maximum absolute atomic E-state index is 11.2. The monoisotopic (exact) mass is 273 g/mol. The molecule has 0 heterocycles. The number of nitrogens with one attached hydrogen (secondary N) is 1. The first-order valence-corrected chi connectivity index (χ1v) is 7.32. The number of aliphatic hydroxyl groups excluding tert-OH is 2. The average molecular weight is 273 g/mol. The largest absolute Gasteiger partial charge is 0.466 e. The maximum atomic E-state index is 11.2. The Hall–Kier alpha value is -0.650. The van der Waals surface area contributed by atoms with Gasteiger partial charge in [-0.25, -0.2) is 0 Å². The summed E-state index contributed by atoms with van der Waals surface area (Å²) < 4.78 is 4.78. The van der Waals surface area contributed by atoms with Gasteiger partial charge in [-0.3, -0.25) is 4.79 Å². The molecule has 1 saturated carbocycles. The summed E-state index contributed by atoms with van der Waals surface area (Å²) >= 11 is 0. The molecule has 1 aliphatic rings. The Kier molecular flexibility index (Phi) is 8.02. The maximum Gasteiger partial charge on any atom is 0.308 e. The highest BCUT2D eigenvalue weighted by Crippen LogP contribution is 2.28. The molecular formula is C14H27NO4. The molecule has 0 aromatic heterocycles. The molecule has 5 heteroatoms. The SMILES string of the molecule is CCOC(=O)CC(O)CNCC1CCCCC1CO. The highest BCUT2D eigenvalue weighted by atomic mass is 16.5. The second-order valence-electron chi connectivity index (χ2n) is 5.31. The van der Waals surface area contributed by atoms with Crippen molar-refractivity contribution in [3.05, 3.63) is 0 Å². The minimum Gasteiger partial charge on any atom is -0.466 e. The molecule has 1 fully saturated rings. The van der Waals surface area contributed by atoms with Gasteiger partial charge in [0.1, 0.15) is 0 Å². The summed E-state index contributed by atoms with van der Waals surface area (Å²) in [5.41, 5.74) is 0. The number of ether oxygens (including phenoxy) is 1. The Morgan fingerprint density at radius 3 is 2.68 bits per heavy atom. The van der Waals surface area contributed by atoms with Gasteiger partial charge in [-0.1, -0.05) is 12.8 Å². The summed E-state index contributed by atoms with van der Waals surface area (Å²) in [6.45, 7) is 3.54. The lowest BCUT2D eigenvalue weighted by atomic mass is 9.79. The first-order chi connectivity index (χ1) is 9.17. The van der Waals surface area contributed by atoms with Crippen LogP contribution in [0, 0.1) is 11.8 Å². The zero-order valence-corrected chi connectivity index (χ0v) is 11.8. The quantitative estimate of drug-likeness (QED) is 0.567. The van der Waals surface area contributed by atoms with Crippen molar-refractivity contribution in [2.24, 2.45) is 11.8 Å². The minimum atomic E-state index is -0.699. The molecule has 0 radical (unpaired) electrons. The summed E-state index contributed by atoms with van der Waals surface area (Å²) in [6, 6.07) is 0. The number of esters is 1. The molecule has 1 rings (SSSR count). The van der Waals surface area contributed by atoms with Crippen molar-refractivity contribution in [2.75, 3.05) is 26.3 Å². The number of aliphatic hydroxyl groups is 2. The Labute approximate surface area is 115 Å². The van der Waals surface area contributed by atoms with E-state index in [0.29, 0.717) is 25.0 Å². The number of rotatable bonds is 8. The third-order valence-corrected chi connectivity index (χ3v) is 3.80. The second kappa shape index (κ2) is 9.28. The third kappa shape index (κ3) is 6.36.